The zero-order valence-corrected chi connectivity index (χ0v) is 25.1. The number of halogens is 1. The van der Waals surface area contributed by atoms with Crippen molar-refractivity contribution < 1.29 is 14.7 Å². The number of aromatic nitrogens is 3. The molecule has 212 valence electrons. The average molecular weight is 624 g/mol. The molecule has 8 rings (SSSR count). The lowest BCUT2D eigenvalue weighted by atomic mass is 9.51. The largest absolute Gasteiger partial charge is 0.481 e. The molecule has 3 aliphatic rings. The molecule has 1 atom stereocenters. The molecule has 5 aromatic rings. The maximum atomic E-state index is 14.6. The van der Waals surface area contributed by atoms with Crippen molar-refractivity contribution in [3.8, 4) is 11.3 Å². The molecule has 42 heavy (non-hydrogen) atoms. The van der Waals surface area contributed by atoms with Crippen molar-refractivity contribution >= 4 is 49.6 Å². The summed E-state index contributed by atoms with van der Waals surface area (Å²) in [5.41, 5.74) is 4.58. The van der Waals surface area contributed by atoms with E-state index in [1.807, 2.05) is 85.5 Å². The highest BCUT2D eigenvalue weighted by molar-refractivity contribution is 9.10. The first-order valence-corrected chi connectivity index (χ1v) is 15.1. The normalized spacial score (nSPS) is 23.4. The van der Waals surface area contributed by atoms with Gasteiger partial charge in [-0.3, -0.25) is 14.3 Å². The number of benzene rings is 3. The number of hydrogen-bond donors (Lipinski definition) is 2. The van der Waals surface area contributed by atoms with E-state index in [0.29, 0.717) is 37.7 Å². The number of nitrogens with one attached hydrogen (secondary N) is 1. The van der Waals surface area contributed by atoms with Crippen LogP contribution in [0.15, 0.2) is 77.4 Å². The van der Waals surface area contributed by atoms with Gasteiger partial charge in [-0.2, -0.15) is 5.10 Å². The van der Waals surface area contributed by atoms with Crippen molar-refractivity contribution in [1.82, 2.24) is 20.1 Å². The predicted molar refractivity (Wildman–Crippen MR) is 166 cm³/mol. The molecule has 2 aromatic heterocycles. The summed E-state index contributed by atoms with van der Waals surface area (Å²) in [5.74, 6) is -1.05. The number of amides is 1. The SMILES string of the molecule is Cc1c(-c2ccccc2)nc2ccc(Br)cc2c1C(=O)NC12CCC(C(=O)O)(CC1)CC2c1cccc2c1cnn2C. The summed E-state index contributed by atoms with van der Waals surface area (Å²) >= 11 is 3.59. The van der Waals surface area contributed by atoms with E-state index in [2.05, 4.69) is 32.4 Å². The van der Waals surface area contributed by atoms with Gasteiger partial charge in [0.15, 0.2) is 0 Å². The minimum absolute atomic E-state index is 0.150. The van der Waals surface area contributed by atoms with Crippen LogP contribution in [0.25, 0.3) is 33.1 Å². The smallest absolute Gasteiger partial charge is 0.309 e. The Kier molecular flexibility index (Phi) is 6.24. The molecule has 2 N–H and O–H groups in total. The topological polar surface area (TPSA) is 97.1 Å². The molecular weight excluding hydrogens is 592 g/mol. The Morgan fingerprint density at radius 2 is 1.76 bits per heavy atom. The Hall–Kier alpha value is -4.04. The van der Waals surface area contributed by atoms with Crippen molar-refractivity contribution in [2.45, 2.75) is 50.5 Å². The van der Waals surface area contributed by atoms with E-state index in [4.69, 9.17) is 4.98 Å². The molecule has 0 radical (unpaired) electrons. The van der Waals surface area contributed by atoms with E-state index in [-0.39, 0.29) is 11.8 Å². The number of hydrogen-bond acceptors (Lipinski definition) is 4. The van der Waals surface area contributed by atoms with Gasteiger partial charge in [-0.25, -0.2) is 4.98 Å². The van der Waals surface area contributed by atoms with E-state index in [1.165, 1.54) is 0 Å². The molecule has 1 amide bonds. The lowest BCUT2D eigenvalue weighted by molar-refractivity contribution is -0.157. The zero-order valence-electron chi connectivity index (χ0n) is 23.5. The van der Waals surface area contributed by atoms with E-state index in [0.717, 1.165) is 48.7 Å². The molecule has 3 aliphatic carbocycles. The van der Waals surface area contributed by atoms with E-state index in [9.17, 15) is 14.7 Å². The van der Waals surface area contributed by atoms with Crippen molar-refractivity contribution in [1.29, 1.82) is 0 Å². The van der Waals surface area contributed by atoms with Crippen LogP contribution in [0.2, 0.25) is 0 Å². The molecule has 2 bridgehead atoms. The number of aliphatic carboxylic acids is 1. The molecule has 2 heterocycles. The van der Waals surface area contributed by atoms with Crippen molar-refractivity contribution in [3.63, 3.8) is 0 Å². The number of aryl methyl sites for hydroxylation is 1. The highest BCUT2D eigenvalue weighted by atomic mass is 79.9. The van der Waals surface area contributed by atoms with Crippen molar-refractivity contribution in [2.75, 3.05) is 0 Å². The lowest BCUT2D eigenvalue weighted by Gasteiger charge is -2.56. The van der Waals surface area contributed by atoms with Crippen LogP contribution in [0, 0.1) is 12.3 Å². The third kappa shape index (κ3) is 4.07. The van der Waals surface area contributed by atoms with Crippen LogP contribution in [0.4, 0.5) is 0 Å². The monoisotopic (exact) mass is 622 g/mol. The summed E-state index contributed by atoms with van der Waals surface area (Å²) < 4.78 is 2.71. The van der Waals surface area contributed by atoms with Gasteiger partial charge in [0, 0.05) is 39.3 Å². The zero-order chi connectivity index (χ0) is 29.2. The maximum absolute atomic E-state index is 14.6. The number of carboxylic acid groups (broad SMARTS) is 1. The summed E-state index contributed by atoms with van der Waals surface area (Å²) in [4.78, 5) is 32.2. The molecule has 0 aliphatic heterocycles. The molecule has 3 aromatic carbocycles. The standard InChI is InChI=1S/C34H31BrN4O3/c1-20-29(24-17-22(35)11-12-27(24)37-30(20)21-7-4-3-5-8-21)31(40)38-34-15-13-33(14-16-34,32(41)42)18-26(34)23-9-6-10-28-25(23)19-36-39(28)2/h3-12,17,19,26H,13-16,18H2,1-2H3,(H,38,40)(H,41,42). The lowest BCUT2D eigenvalue weighted by Crippen LogP contribution is -2.62. The summed E-state index contributed by atoms with van der Waals surface area (Å²) in [6, 6.07) is 21.9. The second-order valence-electron chi connectivity index (χ2n) is 12.0. The van der Waals surface area contributed by atoms with E-state index < -0.39 is 16.9 Å². The van der Waals surface area contributed by atoms with Gasteiger partial charge in [-0.15, -0.1) is 0 Å². The second kappa shape index (κ2) is 9.76. The number of nitrogens with zero attached hydrogens (tertiary/aromatic N) is 3. The van der Waals surface area contributed by atoms with E-state index >= 15 is 0 Å². The van der Waals surface area contributed by atoms with Gasteiger partial charge >= 0.3 is 5.97 Å². The summed E-state index contributed by atoms with van der Waals surface area (Å²) in [6.07, 6.45) is 4.62. The van der Waals surface area contributed by atoms with Gasteiger partial charge in [0.05, 0.1) is 33.9 Å². The molecule has 3 fully saturated rings. The molecule has 7 nitrogen and oxygen atoms in total. The van der Waals surface area contributed by atoms with Gasteiger partial charge in [0.1, 0.15) is 0 Å². The maximum Gasteiger partial charge on any atom is 0.309 e. The first-order chi connectivity index (χ1) is 20.2. The van der Waals surface area contributed by atoms with Crippen LogP contribution in [0.5, 0.6) is 0 Å². The predicted octanol–water partition coefficient (Wildman–Crippen LogP) is 7.16. The quantitative estimate of drug-likeness (QED) is 0.217. The Balaban J connectivity index is 1.37. The fourth-order valence-corrected chi connectivity index (χ4v) is 7.89. The third-order valence-corrected chi connectivity index (χ3v) is 10.3. The van der Waals surface area contributed by atoms with Crippen molar-refractivity contribution in [3.05, 3.63) is 94.1 Å². The summed E-state index contributed by atoms with van der Waals surface area (Å²) in [5, 5.41) is 20.2. The van der Waals surface area contributed by atoms with Crippen molar-refractivity contribution in [2.24, 2.45) is 12.5 Å². The second-order valence-corrected chi connectivity index (χ2v) is 12.9. The van der Waals surface area contributed by atoms with E-state index in [1.54, 1.807) is 0 Å². The van der Waals surface area contributed by atoms with Gasteiger partial charge < -0.3 is 10.4 Å². The van der Waals surface area contributed by atoms with Crippen LogP contribution < -0.4 is 5.32 Å². The Morgan fingerprint density at radius 3 is 2.50 bits per heavy atom. The van der Waals surface area contributed by atoms with Gasteiger partial charge in [-0.1, -0.05) is 58.4 Å². The fourth-order valence-electron chi connectivity index (χ4n) is 7.53. The van der Waals surface area contributed by atoms with Crippen LogP contribution in [0.1, 0.15) is 59.5 Å². The van der Waals surface area contributed by atoms with Gasteiger partial charge in [0.2, 0.25) is 0 Å². The number of carbonyl (C=O) groups excluding carboxylic acids is 1. The summed E-state index contributed by atoms with van der Waals surface area (Å²) in [6.45, 7) is 1.97. The van der Waals surface area contributed by atoms with Crippen LogP contribution >= 0.6 is 15.9 Å². The van der Waals surface area contributed by atoms with Gasteiger partial charge in [0.25, 0.3) is 5.91 Å². The minimum Gasteiger partial charge on any atom is -0.481 e. The Labute approximate surface area is 252 Å². The van der Waals surface area contributed by atoms with Crippen LogP contribution in [-0.2, 0) is 11.8 Å². The first-order valence-electron chi connectivity index (χ1n) is 14.3. The molecule has 0 saturated heterocycles. The highest BCUT2D eigenvalue weighted by Gasteiger charge is 2.59. The molecule has 1 unspecified atom stereocenters. The highest BCUT2D eigenvalue weighted by Crippen LogP contribution is 2.59. The number of pyridine rings is 1. The molecular formula is C34H31BrN4O3. The number of carbonyl (C=O) groups is 2. The fraction of sp³-hybridized carbons (Fsp3) is 0.294. The number of fused-ring (bicyclic) bond motifs is 5. The molecule has 0 spiro atoms. The molecule has 8 heteroatoms. The van der Waals surface area contributed by atoms with Crippen LogP contribution in [0.3, 0.4) is 0 Å². The number of carboxylic acids is 1. The Bertz CT molecular complexity index is 1890. The summed E-state index contributed by atoms with van der Waals surface area (Å²) in [7, 11) is 1.91. The molecule has 3 saturated carbocycles. The Morgan fingerprint density at radius 1 is 1.00 bits per heavy atom. The first kappa shape index (κ1) is 26.8. The van der Waals surface area contributed by atoms with Gasteiger partial charge in [-0.05, 0) is 74.4 Å². The third-order valence-electron chi connectivity index (χ3n) is 9.84. The minimum atomic E-state index is -0.786. The number of rotatable bonds is 5. The van der Waals surface area contributed by atoms with Crippen LogP contribution in [-0.4, -0.2) is 37.3 Å². The average Bonchev–Trinajstić information content (AvgIpc) is 3.38.